The molecule has 35 heavy (non-hydrogen) atoms. The summed E-state index contributed by atoms with van der Waals surface area (Å²) in [5.41, 5.74) is 0.295. The molecule has 2 aromatic rings. The lowest BCUT2D eigenvalue weighted by Crippen LogP contribution is -2.72. The third-order valence-corrected chi connectivity index (χ3v) is 7.52. The summed E-state index contributed by atoms with van der Waals surface area (Å²) in [5.74, 6) is -0.297. The molecule has 0 atom stereocenters. The Kier molecular flexibility index (Phi) is 6.39. The first-order chi connectivity index (χ1) is 16.4. The monoisotopic (exact) mass is 490 g/mol. The summed E-state index contributed by atoms with van der Waals surface area (Å²) in [6, 6.07) is -0.0222. The maximum atomic E-state index is 14.5. The van der Waals surface area contributed by atoms with Crippen LogP contribution in [0.5, 0.6) is 6.01 Å². The second-order valence-electron chi connectivity index (χ2n) is 10.4. The lowest BCUT2D eigenvalue weighted by atomic mass is 9.79. The molecule has 4 rings (SSSR count). The van der Waals surface area contributed by atoms with Crippen molar-refractivity contribution in [1.29, 1.82) is 0 Å². The smallest absolute Gasteiger partial charge is 0.321 e. The number of piperazine rings is 1. The second kappa shape index (κ2) is 8.90. The summed E-state index contributed by atoms with van der Waals surface area (Å²) in [7, 11) is 1.56. The first-order valence-electron chi connectivity index (χ1n) is 11.7. The molecule has 0 spiro atoms. The van der Waals surface area contributed by atoms with Crippen molar-refractivity contribution in [2.75, 3.05) is 38.7 Å². The molecule has 12 heteroatoms. The van der Waals surface area contributed by atoms with Crippen LogP contribution in [0.1, 0.15) is 52.8 Å². The summed E-state index contributed by atoms with van der Waals surface area (Å²) >= 11 is 0. The molecular formula is C23H35FN8O3. The number of rotatable bonds is 6. The summed E-state index contributed by atoms with van der Waals surface area (Å²) in [4.78, 5) is 25.6. The van der Waals surface area contributed by atoms with Crippen LogP contribution in [-0.4, -0.2) is 80.5 Å². The second-order valence-corrected chi connectivity index (χ2v) is 10.4. The highest BCUT2D eigenvalue weighted by molar-refractivity contribution is 5.79. The maximum Gasteiger partial charge on any atom is 0.321 e. The molecule has 2 amide bonds. The Hall–Kier alpha value is -2.99. The van der Waals surface area contributed by atoms with Crippen LogP contribution in [-0.2, 0) is 16.8 Å². The highest BCUT2D eigenvalue weighted by Crippen LogP contribution is 2.43. The Morgan fingerprint density at radius 3 is 2.63 bits per heavy atom. The first kappa shape index (κ1) is 25.1. The van der Waals surface area contributed by atoms with E-state index < -0.39 is 16.9 Å². The average Bonchev–Trinajstić information content (AvgIpc) is 3.30. The van der Waals surface area contributed by atoms with E-state index in [1.54, 1.807) is 7.11 Å². The molecule has 1 saturated heterocycles. The van der Waals surface area contributed by atoms with E-state index in [1.165, 1.54) is 0 Å². The molecule has 0 aromatic carbocycles. The molecule has 0 radical (unpaired) electrons. The molecule has 0 bridgehead atoms. The fourth-order valence-electron chi connectivity index (χ4n) is 4.56. The Balaban J connectivity index is 1.57. The standard InChI is InChI=1S/C23H35FN8O3/c1-21(2)16-14(13-32(21)20(33)31-9-8-26-22(3,4)23(31,5)6)17(30-29-16)27-18-15(24)12-25-19(28-18)35-11-10-34-7/h12,26H,8-11,13H2,1-7H3,(H2,25,27,28,29,30). The number of anilines is 2. The fourth-order valence-corrected chi connectivity index (χ4v) is 4.56. The quantitative estimate of drug-likeness (QED) is 0.529. The van der Waals surface area contributed by atoms with E-state index in [1.807, 2.05) is 23.6 Å². The number of nitrogens with one attached hydrogen (secondary N) is 3. The summed E-state index contributed by atoms with van der Waals surface area (Å²) in [6.45, 7) is 14.6. The predicted molar refractivity (Wildman–Crippen MR) is 128 cm³/mol. The Morgan fingerprint density at radius 1 is 1.17 bits per heavy atom. The van der Waals surface area contributed by atoms with Crippen LogP contribution in [0.3, 0.4) is 0 Å². The number of carbonyl (C=O) groups excluding carboxylic acids is 1. The maximum absolute atomic E-state index is 14.5. The van der Waals surface area contributed by atoms with Crippen LogP contribution in [0.25, 0.3) is 0 Å². The van der Waals surface area contributed by atoms with Gasteiger partial charge in [-0.2, -0.15) is 10.1 Å². The number of nitrogens with zero attached hydrogens (tertiary/aromatic N) is 5. The molecule has 3 N–H and O–H groups in total. The van der Waals surface area contributed by atoms with Gasteiger partial charge in [0.2, 0.25) is 0 Å². The molecule has 0 aliphatic carbocycles. The van der Waals surface area contributed by atoms with E-state index in [0.29, 0.717) is 25.5 Å². The van der Waals surface area contributed by atoms with Crippen LogP contribution in [0.2, 0.25) is 0 Å². The molecule has 0 unspecified atom stereocenters. The number of halogens is 1. The third-order valence-electron chi connectivity index (χ3n) is 7.52. The van der Waals surface area contributed by atoms with Gasteiger partial charge >= 0.3 is 12.0 Å². The molecule has 1 fully saturated rings. The molecule has 192 valence electrons. The Morgan fingerprint density at radius 2 is 1.91 bits per heavy atom. The van der Waals surface area contributed by atoms with Gasteiger partial charge in [-0.3, -0.25) is 5.10 Å². The molecule has 2 aromatic heterocycles. The van der Waals surface area contributed by atoms with E-state index in [-0.39, 0.29) is 30.0 Å². The summed E-state index contributed by atoms with van der Waals surface area (Å²) < 4.78 is 24.8. The normalized spacial score (nSPS) is 20.0. The predicted octanol–water partition coefficient (Wildman–Crippen LogP) is 2.74. The van der Waals surface area contributed by atoms with Crippen LogP contribution >= 0.6 is 0 Å². The van der Waals surface area contributed by atoms with Gasteiger partial charge in [0.15, 0.2) is 17.5 Å². The zero-order valence-corrected chi connectivity index (χ0v) is 21.5. The van der Waals surface area contributed by atoms with Gasteiger partial charge in [0.1, 0.15) is 6.61 Å². The van der Waals surface area contributed by atoms with Crippen LogP contribution in [0.15, 0.2) is 6.20 Å². The van der Waals surface area contributed by atoms with E-state index in [4.69, 9.17) is 9.47 Å². The largest absolute Gasteiger partial charge is 0.461 e. The minimum atomic E-state index is -0.643. The van der Waals surface area contributed by atoms with Crippen molar-refractivity contribution in [1.82, 2.24) is 35.3 Å². The minimum Gasteiger partial charge on any atom is -0.461 e. The van der Waals surface area contributed by atoms with Crippen molar-refractivity contribution < 1.29 is 18.7 Å². The van der Waals surface area contributed by atoms with Crippen molar-refractivity contribution >= 4 is 17.7 Å². The number of fused-ring (bicyclic) bond motifs is 1. The number of H-pyrrole nitrogens is 1. The molecule has 2 aliphatic heterocycles. The lowest BCUT2D eigenvalue weighted by molar-refractivity contribution is 0.00829. The van der Waals surface area contributed by atoms with Crippen molar-refractivity contribution in [3.63, 3.8) is 0 Å². The Labute approximate surface area is 204 Å². The number of hydrogen-bond acceptors (Lipinski definition) is 8. The lowest BCUT2D eigenvalue weighted by Gasteiger charge is -2.55. The van der Waals surface area contributed by atoms with Crippen LogP contribution < -0.4 is 15.4 Å². The zero-order valence-electron chi connectivity index (χ0n) is 21.5. The zero-order chi connectivity index (χ0) is 25.6. The SMILES string of the molecule is COCCOc1ncc(F)c(Nc2n[nH]c3c2CN(C(=O)N2CCNC(C)(C)C2(C)C)C3(C)C)n1. The van der Waals surface area contributed by atoms with Gasteiger partial charge in [0.25, 0.3) is 0 Å². The van der Waals surface area contributed by atoms with Crippen molar-refractivity contribution in [2.45, 2.75) is 64.7 Å². The molecular weight excluding hydrogens is 455 g/mol. The van der Waals surface area contributed by atoms with Gasteiger partial charge < -0.3 is 29.9 Å². The molecule has 4 heterocycles. The topological polar surface area (TPSA) is 121 Å². The van der Waals surface area contributed by atoms with Crippen LogP contribution in [0, 0.1) is 5.82 Å². The van der Waals surface area contributed by atoms with Gasteiger partial charge in [0.05, 0.1) is 36.1 Å². The van der Waals surface area contributed by atoms with E-state index in [0.717, 1.165) is 24.0 Å². The van der Waals surface area contributed by atoms with E-state index in [2.05, 4.69) is 58.5 Å². The number of methoxy groups -OCH3 is 1. The van der Waals surface area contributed by atoms with Crippen molar-refractivity contribution in [3.05, 3.63) is 23.3 Å². The minimum absolute atomic E-state index is 0.0267. The van der Waals surface area contributed by atoms with Gasteiger partial charge in [0, 0.05) is 31.3 Å². The third kappa shape index (κ3) is 4.29. The van der Waals surface area contributed by atoms with Crippen molar-refractivity contribution in [3.8, 4) is 6.01 Å². The highest BCUT2D eigenvalue weighted by atomic mass is 19.1. The first-order valence-corrected chi connectivity index (χ1v) is 11.7. The van der Waals surface area contributed by atoms with E-state index >= 15 is 0 Å². The highest BCUT2D eigenvalue weighted by Gasteiger charge is 2.51. The average molecular weight is 491 g/mol. The van der Waals surface area contributed by atoms with Gasteiger partial charge in [-0.05, 0) is 41.5 Å². The van der Waals surface area contributed by atoms with Crippen molar-refractivity contribution in [2.24, 2.45) is 0 Å². The number of ether oxygens (including phenoxy) is 2. The van der Waals surface area contributed by atoms with Gasteiger partial charge in [-0.25, -0.2) is 14.2 Å². The fraction of sp³-hybridized carbons (Fsp3) is 0.652. The summed E-state index contributed by atoms with van der Waals surface area (Å²) in [5, 5.41) is 13.9. The van der Waals surface area contributed by atoms with E-state index in [9.17, 15) is 9.18 Å². The number of carbonyl (C=O) groups is 1. The summed E-state index contributed by atoms with van der Waals surface area (Å²) in [6.07, 6.45) is 1.04. The molecule has 2 aliphatic rings. The number of aromatic nitrogens is 4. The molecule has 0 saturated carbocycles. The number of aromatic amines is 1. The number of urea groups is 1. The van der Waals surface area contributed by atoms with Crippen LogP contribution in [0.4, 0.5) is 20.8 Å². The van der Waals surface area contributed by atoms with Gasteiger partial charge in [-0.1, -0.05) is 0 Å². The number of amides is 2. The Bertz CT molecular complexity index is 1100. The number of hydrogen-bond donors (Lipinski definition) is 3. The molecule has 11 nitrogen and oxygen atoms in total. The van der Waals surface area contributed by atoms with Gasteiger partial charge in [-0.15, -0.1) is 0 Å².